The predicted octanol–water partition coefficient (Wildman–Crippen LogP) is 2.07. The fourth-order valence-corrected chi connectivity index (χ4v) is 2.99. The van der Waals surface area contributed by atoms with Gasteiger partial charge in [-0.25, -0.2) is 0 Å². The summed E-state index contributed by atoms with van der Waals surface area (Å²) in [5, 5.41) is 9.67. The Hall–Kier alpha value is -2.29. The van der Waals surface area contributed by atoms with Crippen LogP contribution in [0.25, 0.3) is 0 Å². The third-order valence-corrected chi connectivity index (χ3v) is 4.81. The molecule has 9 heteroatoms. The summed E-state index contributed by atoms with van der Waals surface area (Å²) in [6.45, 7) is 3.60. The molecule has 1 N–H and O–H groups in total. The Kier molecular flexibility index (Phi) is 5.74. The number of benzene rings is 1. The minimum atomic E-state index is -5.08. The number of carbonyl (C=O) groups excluding carboxylic acids is 2. The Labute approximate surface area is 155 Å². The van der Waals surface area contributed by atoms with Crippen LogP contribution in [0.4, 0.5) is 13.2 Å². The Morgan fingerprint density at radius 3 is 2.04 bits per heavy atom. The summed E-state index contributed by atoms with van der Waals surface area (Å²) in [6, 6.07) is 5.30. The second-order valence-corrected chi connectivity index (χ2v) is 6.91. The van der Waals surface area contributed by atoms with Crippen LogP contribution in [-0.2, 0) is 4.79 Å². The maximum absolute atomic E-state index is 13.0. The van der Waals surface area contributed by atoms with Crippen LogP contribution in [0, 0.1) is 0 Å². The molecule has 0 spiro atoms. The van der Waals surface area contributed by atoms with Crippen molar-refractivity contribution in [1.82, 2.24) is 9.80 Å². The van der Waals surface area contributed by atoms with Gasteiger partial charge in [-0.05, 0) is 45.0 Å². The summed E-state index contributed by atoms with van der Waals surface area (Å²) < 4.78 is 44.0. The standard InChI is InChI=1S/C18H23F3N2O4/c1-11-10-23(16(25)17(3,26)18(19,20)21)12(2)9-22(11)15(24)13-5-7-14(27-4)8-6-13/h5-8,11-12,26H,9-10H2,1-4H3/t11-,12-,17?/m1/s1. The molecule has 1 aromatic carbocycles. The van der Waals surface area contributed by atoms with E-state index in [0.29, 0.717) is 18.2 Å². The Balaban J connectivity index is 2.16. The number of rotatable bonds is 3. The molecule has 3 atom stereocenters. The van der Waals surface area contributed by atoms with Crippen molar-refractivity contribution in [3.8, 4) is 5.75 Å². The first-order valence-electron chi connectivity index (χ1n) is 8.45. The van der Waals surface area contributed by atoms with E-state index in [2.05, 4.69) is 0 Å². The first kappa shape index (κ1) is 21.0. The number of aliphatic hydroxyl groups is 1. The molecule has 6 nitrogen and oxygen atoms in total. The molecule has 27 heavy (non-hydrogen) atoms. The van der Waals surface area contributed by atoms with E-state index in [9.17, 15) is 27.9 Å². The quantitative estimate of drug-likeness (QED) is 0.861. The molecule has 1 unspecified atom stereocenters. The Morgan fingerprint density at radius 1 is 1.07 bits per heavy atom. The van der Waals surface area contributed by atoms with Crippen LogP contribution in [0.15, 0.2) is 24.3 Å². The minimum absolute atomic E-state index is 0.0612. The maximum atomic E-state index is 13.0. The molecule has 1 fully saturated rings. The Morgan fingerprint density at radius 2 is 1.56 bits per heavy atom. The van der Waals surface area contributed by atoms with Crippen LogP contribution in [0.2, 0.25) is 0 Å². The molecule has 2 rings (SSSR count). The largest absolute Gasteiger partial charge is 0.497 e. The lowest BCUT2D eigenvalue weighted by Gasteiger charge is -2.46. The van der Waals surface area contributed by atoms with Gasteiger partial charge in [0.2, 0.25) is 5.60 Å². The van der Waals surface area contributed by atoms with E-state index in [1.54, 1.807) is 38.1 Å². The van der Waals surface area contributed by atoms with Crippen molar-refractivity contribution in [1.29, 1.82) is 0 Å². The molecule has 1 aromatic rings. The van der Waals surface area contributed by atoms with Crippen LogP contribution in [0.5, 0.6) is 5.75 Å². The zero-order chi connectivity index (χ0) is 20.6. The minimum Gasteiger partial charge on any atom is -0.497 e. The highest BCUT2D eigenvalue weighted by molar-refractivity contribution is 5.95. The van der Waals surface area contributed by atoms with E-state index < -0.39 is 29.8 Å². The summed E-state index contributed by atoms with van der Waals surface area (Å²) in [6.07, 6.45) is -5.08. The Bertz CT molecular complexity index is 704. The van der Waals surface area contributed by atoms with Crippen LogP contribution in [-0.4, -0.2) is 70.8 Å². The topological polar surface area (TPSA) is 70.1 Å². The van der Waals surface area contributed by atoms with Crippen molar-refractivity contribution in [2.24, 2.45) is 0 Å². The molecule has 0 radical (unpaired) electrons. The highest BCUT2D eigenvalue weighted by atomic mass is 19.4. The van der Waals surface area contributed by atoms with Gasteiger partial charge in [0.05, 0.1) is 7.11 Å². The van der Waals surface area contributed by atoms with Gasteiger partial charge in [0.1, 0.15) is 5.75 Å². The van der Waals surface area contributed by atoms with E-state index in [1.807, 2.05) is 0 Å². The number of amides is 2. The lowest BCUT2D eigenvalue weighted by Crippen LogP contribution is -2.65. The molecule has 2 amide bonds. The number of methoxy groups -OCH3 is 1. The van der Waals surface area contributed by atoms with Crippen LogP contribution in [0.1, 0.15) is 31.1 Å². The van der Waals surface area contributed by atoms with E-state index in [0.717, 1.165) is 4.90 Å². The monoisotopic (exact) mass is 388 g/mol. The van der Waals surface area contributed by atoms with Gasteiger partial charge in [-0.3, -0.25) is 9.59 Å². The normalized spacial score (nSPS) is 23.0. The van der Waals surface area contributed by atoms with E-state index >= 15 is 0 Å². The number of nitrogens with zero attached hydrogens (tertiary/aromatic N) is 2. The first-order chi connectivity index (χ1) is 12.4. The van der Waals surface area contributed by atoms with Crippen LogP contribution < -0.4 is 4.74 Å². The number of halogens is 3. The number of piperazine rings is 1. The van der Waals surface area contributed by atoms with Gasteiger partial charge in [-0.15, -0.1) is 0 Å². The molecule has 1 aliphatic heterocycles. The number of alkyl halides is 3. The highest BCUT2D eigenvalue weighted by Crippen LogP contribution is 2.33. The van der Waals surface area contributed by atoms with Gasteiger partial charge in [0.15, 0.2) is 0 Å². The number of ether oxygens (including phenoxy) is 1. The SMILES string of the molecule is COc1ccc(C(=O)N2C[C@@H](C)N(C(=O)C(C)(O)C(F)(F)F)C[C@H]2C)cc1. The van der Waals surface area contributed by atoms with E-state index in [-0.39, 0.29) is 19.0 Å². The van der Waals surface area contributed by atoms with Crippen molar-refractivity contribution in [2.75, 3.05) is 20.2 Å². The molecule has 0 aliphatic carbocycles. The summed E-state index contributed by atoms with van der Waals surface area (Å²) in [5.41, 5.74) is -3.06. The number of hydrogen-bond donors (Lipinski definition) is 1. The zero-order valence-corrected chi connectivity index (χ0v) is 15.6. The predicted molar refractivity (Wildman–Crippen MR) is 91.3 cm³/mol. The van der Waals surface area contributed by atoms with E-state index in [4.69, 9.17) is 4.74 Å². The fraction of sp³-hybridized carbons (Fsp3) is 0.556. The van der Waals surface area contributed by atoms with Crippen molar-refractivity contribution in [3.63, 3.8) is 0 Å². The van der Waals surface area contributed by atoms with Gasteiger partial charge in [-0.1, -0.05) is 0 Å². The van der Waals surface area contributed by atoms with Crippen molar-refractivity contribution >= 4 is 11.8 Å². The third kappa shape index (κ3) is 4.02. The molecule has 1 aliphatic rings. The highest BCUT2D eigenvalue weighted by Gasteiger charge is 2.58. The van der Waals surface area contributed by atoms with Gasteiger partial charge < -0.3 is 19.6 Å². The molecule has 150 valence electrons. The third-order valence-electron chi connectivity index (χ3n) is 4.81. The molecular formula is C18H23F3N2O4. The van der Waals surface area contributed by atoms with Crippen LogP contribution in [0.3, 0.4) is 0 Å². The number of carbonyl (C=O) groups is 2. The average Bonchev–Trinajstić information content (AvgIpc) is 2.61. The van der Waals surface area contributed by atoms with Gasteiger partial charge >= 0.3 is 6.18 Å². The van der Waals surface area contributed by atoms with Gasteiger partial charge in [-0.2, -0.15) is 13.2 Å². The summed E-state index contributed by atoms with van der Waals surface area (Å²) in [4.78, 5) is 27.5. The molecule has 1 saturated heterocycles. The maximum Gasteiger partial charge on any atom is 0.426 e. The average molecular weight is 388 g/mol. The summed E-state index contributed by atoms with van der Waals surface area (Å²) in [5.74, 6) is -1.10. The summed E-state index contributed by atoms with van der Waals surface area (Å²) >= 11 is 0. The molecule has 1 heterocycles. The van der Waals surface area contributed by atoms with Crippen molar-refractivity contribution in [2.45, 2.75) is 44.6 Å². The smallest absolute Gasteiger partial charge is 0.426 e. The lowest BCUT2D eigenvalue weighted by molar-refractivity contribution is -0.251. The second kappa shape index (κ2) is 7.38. The lowest BCUT2D eigenvalue weighted by atomic mass is 9.99. The molecule has 0 bridgehead atoms. The fourth-order valence-electron chi connectivity index (χ4n) is 2.99. The zero-order valence-electron chi connectivity index (χ0n) is 15.6. The second-order valence-electron chi connectivity index (χ2n) is 6.91. The molecule has 0 saturated carbocycles. The van der Waals surface area contributed by atoms with Crippen molar-refractivity contribution < 1.29 is 32.6 Å². The molecule has 0 aromatic heterocycles. The number of hydrogen-bond acceptors (Lipinski definition) is 4. The van der Waals surface area contributed by atoms with Gasteiger partial charge in [0, 0.05) is 30.7 Å². The van der Waals surface area contributed by atoms with Crippen molar-refractivity contribution in [3.05, 3.63) is 29.8 Å². The van der Waals surface area contributed by atoms with Gasteiger partial charge in [0.25, 0.3) is 11.8 Å². The summed E-state index contributed by atoms with van der Waals surface area (Å²) in [7, 11) is 1.51. The molecular weight excluding hydrogens is 365 g/mol. The van der Waals surface area contributed by atoms with Crippen LogP contribution >= 0.6 is 0 Å². The first-order valence-corrected chi connectivity index (χ1v) is 8.45. The van der Waals surface area contributed by atoms with E-state index in [1.165, 1.54) is 12.0 Å².